The van der Waals surface area contributed by atoms with E-state index >= 15 is 0 Å². The molecule has 0 aliphatic rings. The van der Waals surface area contributed by atoms with Gasteiger partial charge in [-0.3, -0.25) is 0 Å². The van der Waals surface area contributed by atoms with Gasteiger partial charge in [0.25, 0.3) is 0 Å². The lowest BCUT2D eigenvalue weighted by Gasteiger charge is -2.35. The van der Waals surface area contributed by atoms with Gasteiger partial charge < -0.3 is 10.1 Å². The topological polar surface area (TPSA) is 21.3 Å². The summed E-state index contributed by atoms with van der Waals surface area (Å²) in [5.74, 6) is 0. The lowest BCUT2D eigenvalue weighted by Crippen LogP contribution is -2.42. The standard InChI is InChI=1S/C18H31NO/c1-6-10-15-11-9-12-16(14-15)17(19-13-7-2)18(4,5)20-8-3/h9,11-12,14,17,19H,6-8,10,13H2,1-5H3. The molecule has 0 heterocycles. The number of benzene rings is 1. The molecule has 0 spiro atoms. The second-order valence-corrected chi connectivity index (χ2v) is 5.92. The van der Waals surface area contributed by atoms with E-state index in [0.717, 1.165) is 26.0 Å². The summed E-state index contributed by atoms with van der Waals surface area (Å²) >= 11 is 0. The minimum atomic E-state index is -0.200. The Labute approximate surface area is 124 Å². The molecule has 0 aromatic heterocycles. The van der Waals surface area contributed by atoms with Crippen LogP contribution in [0.15, 0.2) is 24.3 Å². The van der Waals surface area contributed by atoms with Gasteiger partial charge >= 0.3 is 0 Å². The molecule has 20 heavy (non-hydrogen) atoms. The Morgan fingerprint density at radius 1 is 1.15 bits per heavy atom. The van der Waals surface area contributed by atoms with Crippen molar-refractivity contribution in [1.82, 2.24) is 5.32 Å². The van der Waals surface area contributed by atoms with Gasteiger partial charge in [0.2, 0.25) is 0 Å². The fourth-order valence-corrected chi connectivity index (χ4v) is 2.73. The van der Waals surface area contributed by atoms with Crippen molar-refractivity contribution >= 4 is 0 Å². The van der Waals surface area contributed by atoms with E-state index < -0.39 is 0 Å². The van der Waals surface area contributed by atoms with Crippen LogP contribution >= 0.6 is 0 Å². The van der Waals surface area contributed by atoms with Crippen LogP contribution < -0.4 is 5.32 Å². The molecule has 1 rings (SSSR count). The van der Waals surface area contributed by atoms with Gasteiger partial charge in [0.05, 0.1) is 11.6 Å². The lowest BCUT2D eigenvalue weighted by molar-refractivity contribution is -0.0391. The Bertz CT molecular complexity index is 387. The van der Waals surface area contributed by atoms with Gasteiger partial charge in [0.15, 0.2) is 0 Å². The van der Waals surface area contributed by atoms with Gasteiger partial charge in [-0.15, -0.1) is 0 Å². The number of nitrogens with one attached hydrogen (secondary N) is 1. The SMILES string of the molecule is CCCNC(c1cccc(CCC)c1)C(C)(C)OCC. The molecule has 1 unspecified atom stereocenters. The maximum Gasteiger partial charge on any atom is 0.0820 e. The first kappa shape index (κ1) is 17.2. The maximum atomic E-state index is 5.98. The van der Waals surface area contributed by atoms with Crippen LogP contribution in [0.4, 0.5) is 0 Å². The highest BCUT2D eigenvalue weighted by molar-refractivity contribution is 5.28. The predicted octanol–water partition coefficient (Wildman–Crippen LogP) is 4.49. The fraction of sp³-hybridized carbons (Fsp3) is 0.667. The Morgan fingerprint density at radius 2 is 1.90 bits per heavy atom. The molecule has 0 radical (unpaired) electrons. The van der Waals surface area contributed by atoms with E-state index in [1.54, 1.807) is 0 Å². The van der Waals surface area contributed by atoms with E-state index in [2.05, 4.69) is 64.2 Å². The molecule has 0 amide bonds. The van der Waals surface area contributed by atoms with Crippen LogP contribution in [-0.2, 0) is 11.2 Å². The van der Waals surface area contributed by atoms with Gasteiger partial charge in [0.1, 0.15) is 0 Å². The summed E-state index contributed by atoms with van der Waals surface area (Å²) in [4.78, 5) is 0. The Morgan fingerprint density at radius 3 is 2.50 bits per heavy atom. The van der Waals surface area contributed by atoms with E-state index in [1.165, 1.54) is 17.5 Å². The normalized spacial score (nSPS) is 13.4. The second-order valence-electron chi connectivity index (χ2n) is 5.92. The molecule has 0 aliphatic carbocycles. The van der Waals surface area contributed by atoms with E-state index in [0.29, 0.717) is 0 Å². The summed E-state index contributed by atoms with van der Waals surface area (Å²) in [6, 6.07) is 9.17. The van der Waals surface area contributed by atoms with Crippen LogP contribution in [0.25, 0.3) is 0 Å². The van der Waals surface area contributed by atoms with E-state index in [1.807, 2.05) is 0 Å². The molecule has 114 valence electrons. The van der Waals surface area contributed by atoms with Crippen LogP contribution in [0.5, 0.6) is 0 Å². The summed E-state index contributed by atoms with van der Waals surface area (Å²) < 4.78 is 5.98. The van der Waals surface area contributed by atoms with E-state index in [-0.39, 0.29) is 11.6 Å². The van der Waals surface area contributed by atoms with Crippen LogP contribution in [0.1, 0.15) is 64.6 Å². The molecule has 1 aromatic rings. The minimum Gasteiger partial charge on any atom is -0.374 e. The summed E-state index contributed by atoms with van der Waals surface area (Å²) in [5, 5.41) is 3.66. The van der Waals surface area contributed by atoms with Crippen molar-refractivity contribution in [2.75, 3.05) is 13.2 Å². The number of aryl methyl sites for hydroxylation is 1. The largest absolute Gasteiger partial charge is 0.374 e. The van der Waals surface area contributed by atoms with Gasteiger partial charge in [-0.2, -0.15) is 0 Å². The van der Waals surface area contributed by atoms with Gasteiger partial charge in [-0.05, 0) is 51.3 Å². The van der Waals surface area contributed by atoms with Gasteiger partial charge in [-0.25, -0.2) is 0 Å². The van der Waals surface area contributed by atoms with Crippen molar-refractivity contribution in [3.05, 3.63) is 35.4 Å². The van der Waals surface area contributed by atoms with Crippen LogP contribution in [-0.4, -0.2) is 18.8 Å². The molecular formula is C18H31NO. The van der Waals surface area contributed by atoms with Crippen LogP contribution in [0, 0.1) is 0 Å². The first-order valence-corrected chi connectivity index (χ1v) is 8.01. The minimum absolute atomic E-state index is 0.200. The zero-order valence-electron chi connectivity index (χ0n) is 13.8. The zero-order valence-corrected chi connectivity index (χ0v) is 13.8. The molecule has 0 aliphatic heterocycles. The van der Waals surface area contributed by atoms with Crippen molar-refractivity contribution in [3.8, 4) is 0 Å². The molecule has 1 atom stereocenters. The summed E-state index contributed by atoms with van der Waals surface area (Å²) in [5.41, 5.74) is 2.55. The number of ether oxygens (including phenoxy) is 1. The van der Waals surface area contributed by atoms with E-state index in [4.69, 9.17) is 4.74 Å². The maximum absolute atomic E-state index is 5.98. The fourth-order valence-electron chi connectivity index (χ4n) is 2.73. The molecule has 2 heteroatoms. The monoisotopic (exact) mass is 277 g/mol. The lowest BCUT2D eigenvalue weighted by atomic mass is 9.90. The first-order valence-electron chi connectivity index (χ1n) is 8.01. The van der Waals surface area contributed by atoms with Crippen molar-refractivity contribution in [2.24, 2.45) is 0 Å². The smallest absolute Gasteiger partial charge is 0.0820 e. The van der Waals surface area contributed by atoms with Gasteiger partial charge in [0, 0.05) is 6.61 Å². The summed E-state index contributed by atoms with van der Waals surface area (Å²) in [6.45, 7) is 12.6. The molecule has 2 nitrogen and oxygen atoms in total. The Kier molecular flexibility index (Phi) is 7.25. The third-order valence-corrected chi connectivity index (χ3v) is 3.63. The molecule has 1 N–H and O–H groups in total. The molecule has 1 aromatic carbocycles. The molecule has 0 saturated heterocycles. The van der Waals surface area contributed by atoms with Crippen LogP contribution in [0.3, 0.4) is 0 Å². The molecule has 0 bridgehead atoms. The number of rotatable bonds is 9. The van der Waals surface area contributed by atoms with E-state index in [9.17, 15) is 0 Å². The third-order valence-electron chi connectivity index (χ3n) is 3.63. The number of hydrogen-bond acceptors (Lipinski definition) is 2. The zero-order chi connectivity index (χ0) is 15.0. The quantitative estimate of drug-likeness (QED) is 0.718. The first-order chi connectivity index (χ1) is 9.55. The Balaban J connectivity index is 3.00. The van der Waals surface area contributed by atoms with Crippen LogP contribution in [0.2, 0.25) is 0 Å². The highest BCUT2D eigenvalue weighted by atomic mass is 16.5. The van der Waals surface area contributed by atoms with Crippen molar-refractivity contribution in [1.29, 1.82) is 0 Å². The van der Waals surface area contributed by atoms with Gasteiger partial charge in [-0.1, -0.05) is 44.5 Å². The van der Waals surface area contributed by atoms with Crippen molar-refractivity contribution in [2.45, 2.75) is 65.5 Å². The predicted molar refractivity (Wildman–Crippen MR) is 87.2 cm³/mol. The van der Waals surface area contributed by atoms with Crippen molar-refractivity contribution < 1.29 is 4.74 Å². The second kappa shape index (κ2) is 8.43. The average molecular weight is 277 g/mol. The molecule has 0 fully saturated rings. The highest BCUT2D eigenvalue weighted by Gasteiger charge is 2.30. The summed E-state index contributed by atoms with van der Waals surface area (Å²) in [7, 11) is 0. The average Bonchev–Trinajstić information content (AvgIpc) is 2.39. The molecule has 0 saturated carbocycles. The highest BCUT2D eigenvalue weighted by Crippen LogP contribution is 2.29. The molecular weight excluding hydrogens is 246 g/mol. The Hall–Kier alpha value is -0.860. The van der Waals surface area contributed by atoms with Crippen molar-refractivity contribution in [3.63, 3.8) is 0 Å². The summed E-state index contributed by atoms with van der Waals surface area (Å²) in [6.07, 6.45) is 3.46. The number of hydrogen-bond donors (Lipinski definition) is 1. The third kappa shape index (κ3) is 4.92.